The zero-order chi connectivity index (χ0) is 9.68. The number of alkyl halides is 1. The van der Waals surface area contributed by atoms with Crippen LogP contribution < -0.4 is 0 Å². The Hall–Kier alpha value is 0.400. The molecule has 2 nitrogen and oxygen atoms in total. The van der Waals surface area contributed by atoms with Crippen LogP contribution in [0, 0.1) is 5.92 Å². The van der Waals surface area contributed by atoms with Gasteiger partial charge in [0.05, 0.1) is 24.1 Å². The molecule has 78 valence electrons. The summed E-state index contributed by atoms with van der Waals surface area (Å²) < 4.78 is 11.1. The lowest BCUT2D eigenvalue weighted by molar-refractivity contribution is 0.0225. The molecule has 1 aliphatic rings. The molecule has 0 saturated carbocycles. The van der Waals surface area contributed by atoms with Crippen molar-refractivity contribution in [1.29, 1.82) is 0 Å². The summed E-state index contributed by atoms with van der Waals surface area (Å²) in [4.78, 5) is 0.391. The summed E-state index contributed by atoms with van der Waals surface area (Å²) in [7, 11) is 0. The average Bonchev–Trinajstić information content (AvgIpc) is 2.54. The highest BCUT2D eigenvalue weighted by atomic mass is 79.9. The molecule has 1 fully saturated rings. The van der Waals surface area contributed by atoms with E-state index in [0.717, 1.165) is 19.8 Å². The quantitative estimate of drug-likeness (QED) is 0.699. The highest BCUT2D eigenvalue weighted by molar-refractivity contribution is 9.09. The third-order valence-electron chi connectivity index (χ3n) is 2.66. The molecule has 0 spiro atoms. The van der Waals surface area contributed by atoms with Gasteiger partial charge in [0.1, 0.15) is 0 Å². The van der Waals surface area contributed by atoms with Gasteiger partial charge in [0.15, 0.2) is 0 Å². The van der Waals surface area contributed by atoms with E-state index in [-0.39, 0.29) is 6.10 Å². The summed E-state index contributed by atoms with van der Waals surface area (Å²) in [5, 5.41) is 0. The summed E-state index contributed by atoms with van der Waals surface area (Å²) in [6, 6.07) is 0. The molecule has 0 aliphatic carbocycles. The SMILES string of the molecule is CCC(CC)COC1COCC1Br. The van der Waals surface area contributed by atoms with Crippen LogP contribution in [0.15, 0.2) is 0 Å². The fourth-order valence-corrected chi connectivity index (χ4v) is 1.94. The predicted octanol–water partition coefficient (Wildman–Crippen LogP) is 2.60. The fraction of sp³-hybridized carbons (Fsp3) is 1.00. The van der Waals surface area contributed by atoms with Crippen LogP contribution in [-0.2, 0) is 9.47 Å². The van der Waals surface area contributed by atoms with Gasteiger partial charge >= 0.3 is 0 Å². The van der Waals surface area contributed by atoms with Crippen molar-refractivity contribution in [3.05, 3.63) is 0 Å². The highest BCUT2D eigenvalue weighted by Crippen LogP contribution is 2.19. The Bertz CT molecular complexity index is 137. The number of ether oxygens (including phenoxy) is 2. The van der Waals surface area contributed by atoms with Crippen LogP contribution in [-0.4, -0.2) is 30.8 Å². The first-order chi connectivity index (χ1) is 6.27. The third-order valence-corrected chi connectivity index (χ3v) is 3.52. The van der Waals surface area contributed by atoms with E-state index in [1.807, 2.05) is 0 Å². The first-order valence-electron chi connectivity index (χ1n) is 5.11. The van der Waals surface area contributed by atoms with Crippen molar-refractivity contribution in [3.8, 4) is 0 Å². The molecule has 1 rings (SSSR count). The predicted molar refractivity (Wildman–Crippen MR) is 57.3 cm³/mol. The van der Waals surface area contributed by atoms with E-state index in [9.17, 15) is 0 Å². The third kappa shape index (κ3) is 3.56. The van der Waals surface area contributed by atoms with Gasteiger partial charge in [0.25, 0.3) is 0 Å². The molecule has 1 aliphatic heterocycles. The molecule has 13 heavy (non-hydrogen) atoms. The van der Waals surface area contributed by atoms with Gasteiger partial charge in [-0.25, -0.2) is 0 Å². The molecule has 0 N–H and O–H groups in total. The average molecular weight is 251 g/mol. The zero-order valence-corrected chi connectivity index (χ0v) is 10.0. The lowest BCUT2D eigenvalue weighted by atomic mass is 10.1. The van der Waals surface area contributed by atoms with Crippen LogP contribution in [0.1, 0.15) is 26.7 Å². The Balaban J connectivity index is 2.17. The van der Waals surface area contributed by atoms with Crippen molar-refractivity contribution in [2.24, 2.45) is 5.92 Å². The van der Waals surface area contributed by atoms with Crippen molar-refractivity contribution in [3.63, 3.8) is 0 Å². The lowest BCUT2D eigenvalue weighted by Crippen LogP contribution is -2.25. The highest BCUT2D eigenvalue weighted by Gasteiger charge is 2.26. The summed E-state index contributed by atoms with van der Waals surface area (Å²) in [5.41, 5.74) is 0. The Morgan fingerprint density at radius 1 is 1.38 bits per heavy atom. The standard InChI is InChI=1S/C10H19BrO2/c1-3-8(4-2)5-13-10-7-12-6-9(10)11/h8-10H,3-7H2,1-2H3. The van der Waals surface area contributed by atoms with Crippen molar-refractivity contribution < 1.29 is 9.47 Å². The second-order valence-corrected chi connectivity index (χ2v) is 4.78. The van der Waals surface area contributed by atoms with Gasteiger partial charge < -0.3 is 9.47 Å². The minimum absolute atomic E-state index is 0.264. The molecule has 0 radical (unpaired) electrons. The van der Waals surface area contributed by atoms with E-state index < -0.39 is 0 Å². The largest absolute Gasteiger partial charge is 0.377 e. The van der Waals surface area contributed by atoms with Crippen LogP contribution >= 0.6 is 15.9 Å². The van der Waals surface area contributed by atoms with Gasteiger partial charge in [-0.05, 0) is 5.92 Å². The lowest BCUT2D eigenvalue weighted by Gasteiger charge is -2.18. The minimum atomic E-state index is 0.264. The van der Waals surface area contributed by atoms with Crippen LogP contribution in [0.5, 0.6) is 0 Å². The van der Waals surface area contributed by atoms with E-state index in [1.54, 1.807) is 0 Å². The van der Waals surface area contributed by atoms with E-state index in [1.165, 1.54) is 12.8 Å². The molecule has 0 bridgehead atoms. The molecule has 2 unspecified atom stereocenters. The van der Waals surface area contributed by atoms with Gasteiger partial charge in [-0.2, -0.15) is 0 Å². The molecule has 3 heteroatoms. The first kappa shape index (κ1) is 11.5. The molecule has 1 heterocycles. The van der Waals surface area contributed by atoms with Gasteiger partial charge in [0.2, 0.25) is 0 Å². The molecular weight excluding hydrogens is 232 g/mol. The zero-order valence-electron chi connectivity index (χ0n) is 8.46. The Morgan fingerprint density at radius 3 is 2.54 bits per heavy atom. The van der Waals surface area contributed by atoms with Crippen molar-refractivity contribution in [1.82, 2.24) is 0 Å². The van der Waals surface area contributed by atoms with E-state index in [0.29, 0.717) is 10.7 Å². The Morgan fingerprint density at radius 2 is 2.08 bits per heavy atom. The van der Waals surface area contributed by atoms with Gasteiger partial charge in [-0.1, -0.05) is 42.6 Å². The molecule has 2 atom stereocenters. The van der Waals surface area contributed by atoms with Crippen LogP contribution in [0.25, 0.3) is 0 Å². The summed E-state index contributed by atoms with van der Waals surface area (Å²) in [6.45, 7) is 6.84. The van der Waals surface area contributed by atoms with Gasteiger partial charge in [-0.3, -0.25) is 0 Å². The van der Waals surface area contributed by atoms with E-state index in [2.05, 4.69) is 29.8 Å². The molecule has 0 aromatic carbocycles. The van der Waals surface area contributed by atoms with Crippen molar-refractivity contribution in [2.75, 3.05) is 19.8 Å². The smallest absolute Gasteiger partial charge is 0.0955 e. The number of halogens is 1. The molecular formula is C10H19BrO2. The normalized spacial score (nSPS) is 28.6. The van der Waals surface area contributed by atoms with Crippen molar-refractivity contribution in [2.45, 2.75) is 37.6 Å². The van der Waals surface area contributed by atoms with E-state index >= 15 is 0 Å². The van der Waals surface area contributed by atoms with E-state index in [4.69, 9.17) is 9.47 Å². The fourth-order valence-electron chi connectivity index (χ4n) is 1.45. The number of hydrogen-bond donors (Lipinski definition) is 0. The topological polar surface area (TPSA) is 18.5 Å². The van der Waals surface area contributed by atoms with Gasteiger partial charge in [0, 0.05) is 6.61 Å². The van der Waals surface area contributed by atoms with Crippen LogP contribution in [0.3, 0.4) is 0 Å². The first-order valence-corrected chi connectivity index (χ1v) is 6.02. The monoisotopic (exact) mass is 250 g/mol. The maximum atomic E-state index is 5.79. The summed E-state index contributed by atoms with van der Waals surface area (Å²) >= 11 is 3.55. The maximum absolute atomic E-state index is 5.79. The van der Waals surface area contributed by atoms with Crippen LogP contribution in [0.2, 0.25) is 0 Å². The maximum Gasteiger partial charge on any atom is 0.0955 e. The summed E-state index contributed by atoms with van der Waals surface area (Å²) in [5.74, 6) is 0.709. The second kappa shape index (κ2) is 5.99. The Kier molecular flexibility index (Phi) is 5.29. The molecule has 0 aromatic heterocycles. The van der Waals surface area contributed by atoms with Crippen molar-refractivity contribution >= 4 is 15.9 Å². The number of hydrogen-bond acceptors (Lipinski definition) is 2. The summed E-state index contributed by atoms with van der Waals surface area (Å²) in [6.07, 6.45) is 2.68. The second-order valence-electron chi connectivity index (χ2n) is 3.61. The van der Waals surface area contributed by atoms with Gasteiger partial charge in [-0.15, -0.1) is 0 Å². The molecule has 1 saturated heterocycles. The molecule has 0 aromatic rings. The minimum Gasteiger partial charge on any atom is -0.377 e. The number of rotatable bonds is 5. The van der Waals surface area contributed by atoms with Crippen LogP contribution in [0.4, 0.5) is 0 Å². The Labute approximate surface area is 89.1 Å². The molecule has 0 amide bonds.